The molecule has 7 heteroatoms. The van der Waals surface area contributed by atoms with Gasteiger partial charge >= 0.3 is 6.18 Å². The van der Waals surface area contributed by atoms with Gasteiger partial charge in [-0.05, 0) is 30.5 Å². The first-order valence-electron chi connectivity index (χ1n) is 6.11. The SMILES string of the molecule is Cl.Cl.NCc1ccc(N2CCCC(C(F)(F)F)C2)cc1. The van der Waals surface area contributed by atoms with Crippen molar-refractivity contribution in [2.75, 3.05) is 18.0 Å². The molecular formula is C13H19Cl2F3N2. The molecule has 0 amide bonds. The van der Waals surface area contributed by atoms with E-state index < -0.39 is 12.1 Å². The lowest BCUT2D eigenvalue weighted by Gasteiger charge is -2.35. The van der Waals surface area contributed by atoms with Crippen LogP contribution in [0.25, 0.3) is 0 Å². The first kappa shape index (κ1) is 19.4. The highest BCUT2D eigenvalue weighted by Gasteiger charge is 2.41. The van der Waals surface area contributed by atoms with E-state index in [1.54, 1.807) is 0 Å². The van der Waals surface area contributed by atoms with E-state index in [1.807, 2.05) is 29.2 Å². The first-order valence-corrected chi connectivity index (χ1v) is 6.11. The van der Waals surface area contributed by atoms with E-state index in [-0.39, 0.29) is 37.8 Å². The molecule has 116 valence electrons. The van der Waals surface area contributed by atoms with Crippen LogP contribution >= 0.6 is 24.8 Å². The van der Waals surface area contributed by atoms with Gasteiger partial charge < -0.3 is 10.6 Å². The molecule has 1 aromatic carbocycles. The third-order valence-electron chi connectivity index (χ3n) is 3.42. The number of hydrogen-bond donors (Lipinski definition) is 1. The summed E-state index contributed by atoms with van der Waals surface area (Å²) < 4.78 is 38.1. The number of alkyl halides is 3. The van der Waals surface area contributed by atoms with Gasteiger partial charge in [-0.3, -0.25) is 0 Å². The van der Waals surface area contributed by atoms with Crippen LogP contribution in [0.4, 0.5) is 18.9 Å². The highest BCUT2D eigenvalue weighted by atomic mass is 35.5. The molecule has 0 saturated carbocycles. The molecule has 0 spiro atoms. The van der Waals surface area contributed by atoms with Crippen LogP contribution in [0.2, 0.25) is 0 Å². The van der Waals surface area contributed by atoms with Gasteiger partial charge in [0.25, 0.3) is 0 Å². The van der Waals surface area contributed by atoms with Gasteiger partial charge in [0.2, 0.25) is 0 Å². The smallest absolute Gasteiger partial charge is 0.371 e. The topological polar surface area (TPSA) is 29.3 Å². The Hall–Kier alpha value is -0.650. The van der Waals surface area contributed by atoms with Crippen LogP contribution in [0, 0.1) is 5.92 Å². The predicted molar refractivity (Wildman–Crippen MR) is 79.8 cm³/mol. The summed E-state index contributed by atoms with van der Waals surface area (Å²) in [7, 11) is 0. The second-order valence-electron chi connectivity index (χ2n) is 4.70. The number of benzene rings is 1. The zero-order valence-corrected chi connectivity index (χ0v) is 12.5. The molecule has 0 bridgehead atoms. The Morgan fingerprint density at radius 2 is 1.75 bits per heavy atom. The Morgan fingerprint density at radius 1 is 1.15 bits per heavy atom. The third kappa shape index (κ3) is 4.72. The minimum atomic E-state index is -4.09. The van der Waals surface area contributed by atoms with Crippen molar-refractivity contribution in [3.8, 4) is 0 Å². The summed E-state index contributed by atoms with van der Waals surface area (Å²) in [6.45, 7) is 1.20. The van der Waals surface area contributed by atoms with Gasteiger partial charge in [-0.2, -0.15) is 13.2 Å². The average Bonchev–Trinajstić information content (AvgIpc) is 2.38. The van der Waals surface area contributed by atoms with E-state index in [0.717, 1.165) is 11.3 Å². The number of anilines is 1. The zero-order chi connectivity index (χ0) is 13.2. The Labute approximate surface area is 129 Å². The second-order valence-corrected chi connectivity index (χ2v) is 4.70. The molecule has 1 aromatic rings. The molecule has 0 radical (unpaired) electrons. The van der Waals surface area contributed by atoms with Crippen LogP contribution in [0.5, 0.6) is 0 Å². The van der Waals surface area contributed by atoms with Gasteiger partial charge in [0.05, 0.1) is 5.92 Å². The normalized spacial score (nSPS) is 19.0. The number of hydrogen-bond acceptors (Lipinski definition) is 2. The molecule has 1 aliphatic rings. The van der Waals surface area contributed by atoms with Crippen molar-refractivity contribution < 1.29 is 13.2 Å². The Morgan fingerprint density at radius 3 is 2.25 bits per heavy atom. The first-order chi connectivity index (χ1) is 8.50. The van der Waals surface area contributed by atoms with Gasteiger partial charge in [-0.1, -0.05) is 12.1 Å². The number of piperidine rings is 1. The summed E-state index contributed by atoms with van der Waals surface area (Å²) >= 11 is 0. The van der Waals surface area contributed by atoms with E-state index in [9.17, 15) is 13.2 Å². The quantitative estimate of drug-likeness (QED) is 0.894. The lowest BCUT2D eigenvalue weighted by Crippen LogP contribution is -2.41. The highest BCUT2D eigenvalue weighted by molar-refractivity contribution is 5.85. The average molecular weight is 331 g/mol. The van der Waals surface area contributed by atoms with E-state index in [2.05, 4.69) is 0 Å². The fourth-order valence-corrected chi connectivity index (χ4v) is 2.32. The van der Waals surface area contributed by atoms with Crippen LogP contribution in [-0.2, 0) is 6.54 Å². The van der Waals surface area contributed by atoms with Crippen molar-refractivity contribution >= 4 is 30.5 Å². The van der Waals surface area contributed by atoms with Crippen LogP contribution in [0.3, 0.4) is 0 Å². The summed E-state index contributed by atoms with van der Waals surface area (Å²) in [5.41, 5.74) is 7.33. The van der Waals surface area contributed by atoms with Crippen LogP contribution in [0.15, 0.2) is 24.3 Å². The maximum Gasteiger partial charge on any atom is 0.393 e. The molecule has 1 aliphatic heterocycles. The van der Waals surface area contributed by atoms with Gasteiger partial charge in [0.1, 0.15) is 0 Å². The van der Waals surface area contributed by atoms with Crippen molar-refractivity contribution in [1.29, 1.82) is 0 Å². The molecule has 1 saturated heterocycles. The summed E-state index contributed by atoms with van der Waals surface area (Å²) in [4.78, 5) is 1.81. The summed E-state index contributed by atoms with van der Waals surface area (Å²) in [6.07, 6.45) is -3.26. The minimum Gasteiger partial charge on any atom is -0.371 e. The van der Waals surface area contributed by atoms with Crippen molar-refractivity contribution in [2.45, 2.75) is 25.6 Å². The van der Waals surface area contributed by atoms with E-state index in [4.69, 9.17) is 5.73 Å². The molecule has 2 nitrogen and oxygen atoms in total. The standard InChI is InChI=1S/C13H17F3N2.2ClH/c14-13(15,16)11-2-1-7-18(9-11)12-5-3-10(8-17)4-6-12;;/h3-6,11H,1-2,7-9,17H2;2*1H. The maximum absolute atomic E-state index is 12.7. The van der Waals surface area contributed by atoms with Gasteiger partial charge in [0.15, 0.2) is 0 Å². The molecule has 1 heterocycles. The van der Waals surface area contributed by atoms with E-state index >= 15 is 0 Å². The van der Waals surface area contributed by atoms with E-state index in [0.29, 0.717) is 19.5 Å². The summed E-state index contributed by atoms with van der Waals surface area (Å²) in [5, 5.41) is 0. The summed E-state index contributed by atoms with van der Waals surface area (Å²) in [6, 6.07) is 7.43. The predicted octanol–water partition coefficient (Wildman–Crippen LogP) is 3.77. The third-order valence-corrected chi connectivity index (χ3v) is 3.42. The molecule has 0 aliphatic carbocycles. The van der Waals surface area contributed by atoms with Gasteiger partial charge in [-0.25, -0.2) is 0 Å². The largest absolute Gasteiger partial charge is 0.393 e. The molecule has 1 atom stereocenters. The maximum atomic E-state index is 12.7. The number of nitrogens with zero attached hydrogens (tertiary/aromatic N) is 1. The Bertz CT molecular complexity index is 396. The summed E-state index contributed by atoms with van der Waals surface area (Å²) in [5.74, 6) is -1.21. The lowest BCUT2D eigenvalue weighted by molar-refractivity contribution is -0.175. The number of halogens is 5. The fraction of sp³-hybridized carbons (Fsp3) is 0.538. The van der Waals surface area contributed by atoms with Crippen LogP contribution in [0.1, 0.15) is 18.4 Å². The molecule has 1 unspecified atom stereocenters. The van der Waals surface area contributed by atoms with Gasteiger partial charge in [0, 0.05) is 25.3 Å². The Kier molecular flexibility index (Phi) is 7.70. The molecule has 0 aromatic heterocycles. The molecule has 1 fully saturated rings. The highest BCUT2D eigenvalue weighted by Crippen LogP contribution is 2.34. The van der Waals surface area contributed by atoms with Crippen molar-refractivity contribution in [2.24, 2.45) is 11.7 Å². The molecular weight excluding hydrogens is 312 g/mol. The van der Waals surface area contributed by atoms with Crippen LogP contribution in [-0.4, -0.2) is 19.3 Å². The molecule has 20 heavy (non-hydrogen) atoms. The second kappa shape index (κ2) is 7.96. The minimum absolute atomic E-state index is 0. The number of rotatable bonds is 2. The van der Waals surface area contributed by atoms with Crippen molar-refractivity contribution in [3.63, 3.8) is 0 Å². The zero-order valence-electron chi connectivity index (χ0n) is 10.9. The van der Waals surface area contributed by atoms with Gasteiger partial charge in [-0.15, -0.1) is 24.8 Å². The van der Waals surface area contributed by atoms with Crippen molar-refractivity contribution in [1.82, 2.24) is 0 Å². The van der Waals surface area contributed by atoms with Crippen molar-refractivity contribution in [3.05, 3.63) is 29.8 Å². The van der Waals surface area contributed by atoms with E-state index in [1.165, 1.54) is 0 Å². The molecule has 2 rings (SSSR count). The fourth-order valence-electron chi connectivity index (χ4n) is 2.32. The number of nitrogens with two attached hydrogens (primary N) is 1. The lowest BCUT2D eigenvalue weighted by atomic mass is 9.97. The van der Waals surface area contributed by atoms with Crippen LogP contribution < -0.4 is 10.6 Å². The monoisotopic (exact) mass is 330 g/mol. The Balaban J connectivity index is 0.00000180. The molecule has 2 N–H and O–H groups in total.